The van der Waals surface area contributed by atoms with Gasteiger partial charge >= 0.3 is 5.82 Å². The van der Waals surface area contributed by atoms with Gasteiger partial charge in [0.1, 0.15) is 0 Å². The molecule has 1 aromatic rings. The maximum atomic E-state index is 11.2. The van der Waals surface area contributed by atoms with Crippen LogP contribution in [0.5, 0.6) is 0 Å². The predicted molar refractivity (Wildman–Crippen MR) is 63.9 cm³/mol. The summed E-state index contributed by atoms with van der Waals surface area (Å²) >= 11 is 0. The molecule has 0 fully saturated rings. The summed E-state index contributed by atoms with van der Waals surface area (Å²) in [7, 11) is 0.983. The molecule has 98 valence electrons. The zero-order valence-electron chi connectivity index (χ0n) is 9.19. The third-order valence-electron chi connectivity index (χ3n) is 2.68. The first-order chi connectivity index (χ1) is 8.39. The molecule has 1 unspecified atom stereocenters. The lowest BCUT2D eigenvalue weighted by molar-refractivity contribution is -0.392. The second kappa shape index (κ2) is 4.69. The van der Waals surface area contributed by atoms with E-state index in [9.17, 15) is 18.5 Å². The molecule has 0 N–H and O–H groups in total. The average molecular weight is 292 g/mol. The number of nitrogens with zero attached hydrogens (tertiary/aromatic N) is 3. The summed E-state index contributed by atoms with van der Waals surface area (Å²) in [4.78, 5) is 9.34. The number of allylic oxidation sites excluding steroid dienone is 2. The predicted octanol–water partition coefficient (Wildman–Crippen LogP) is 2.00. The molecule has 1 aliphatic carbocycles. The van der Waals surface area contributed by atoms with Crippen LogP contribution in [0.2, 0.25) is 0 Å². The van der Waals surface area contributed by atoms with Gasteiger partial charge in [0.2, 0.25) is 4.90 Å². The third kappa shape index (κ3) is 2.54. The van der Waals surface area contributed by atoms with Gasteiger partial charge in [0.05, 0.1) is 17.3 Å². The van der Waals surface area contributed by atoms with Crippen molar-refractivity contribution in [3.8, 4) is 0 Å². The van der Waals surface area contributed by atoms with Gasteiger partial charge in [-0.25, -0.2) is 8.42 Å². The Kier molecular flexibility index (Phi) is 3.40. The van der Waals surface area contributed by atoms with Gasteiger partial charge in [-0.1, -0.05) is 12.2 Å². The van der Waals surface area contributed by atoms with E-state index in [4.69, 9.17) is 10.7 Å². The first-order valence-electron chi connectivity index (χ1n) is 5.24. The van der Waals surface area contributed by atoms with Crippen molar-refractivity contribution in [3.63, 3.8) is 0 Å². The molecule has 0 aliphatic heterocycles. The summed E-state index contributed by atoms with van der Waals surface area (Å²) in [6.45, 7) is 0. The number of aromatic nitrogens is 2. The van der Waals surface area contributed by atoms with Crippen LogP contribution in [0.3, 0.4) is 0 Å². The van der Waals surface area contributed by atoms with Crippen LogP contribution in [0.25, 0.3) is 0 Å². The normalized spacial score (nSPS) is 19.9. The smallest absolute Gasteiger partial charge is 0.358 e. The lowest BCUT2D eigenvalue weighted by atomic mass is 10.0. The monoisotopic (exact) mass is 291 g/mol. The Morgan fingerprint density at radius 2 is 2.28 bits per heavy atom. The Hall–Kier alpha value is -1.41. The minimum atomic E-state index is -4.17. The van der Waals surface area contributed by atoms with Crippen molar-refractivity contribution >= 4 is 25.6 Å². The lowest BCUT2D eigenvalue weighted by Gasteiger charge is -2.13. The van der Waals surface area contributed by atoms with E-state index in [0.717, 1.165) is 25.5 Å². The topological polar surface area (TPSA) is 95.1 Å². The van der Waals surface area contributed by atoms with Crippen LogP contribution in [0.15, 0.2) is 23.2 Å². The minimum Gasteiger partial charge on any atom is -0.358 e. The second-order valence-electron chi connectivity index (χ2n) is 3.92. The minimum absolute atomic E-state index is 0.162. The van der Waals surface area contributed by atoms with Crippen molar-refractivity contribution in [2.75, 3.05) is 0 Å². The lowest BCUT2D eigenvalue weighted by Crippen LogP contribution is -2.09. The molecule has 2 rings (SSSR count). The van der Waals surface area contributed by atoms with E-state index in [-0.39, 0.29) is 6.04 Å². The molecule has 18 heavy (non-hydrogen) atoms. The van der Waals surface area contributed by atoms with Crippen molar-refractivity contribution in [2.24, 2.45) is 0 Å². The largest absolute Gasteiger partial charge is 0.410 e. The molecular weight excluding hydrogens is 282 g/mol. The highest BCUT2D eigenvalue weighted by molar-refractivity contribution is 8.13. The summed E-state index contributed by atoms with van der Waals surface area (Å²) in [5, 5.41) is 14.5. The SMILES string of the molecule is O=[N+]([O-])c1nn(C2C=CCCC2)cc1S(=O)(=O)Cl. The summed E-state index contributed by atoms with van der Waals surface area (Å²) in [5.74, 6) is -0.732. The highest BCUT2D eigenvalue weighted by atomic mass is 35.7. The number of nitro groups is 1. The van der Waals surface area contributed by atoms with Crippen LogP contribution in [-0.2, 0) is 9.05 Å². The van der Waals surface area contributed by atoms with Gasteiger partial charge in [-0.05, 0) is 24.2 Å². The number of halogens is 1. The van der Waals surface area contributed by atoms with Gasteiger partial charge < -0.3 is 10.1 Å². The van der Waals surface area contributed by atoms with E-state index in [1.807, 2.05) is 12.2 Å². The summed E-state index contributed by atoms with van der Waals surface area (Å²) < 4.78 is 23.8. The fourth-order valence-electron chi connectivity index (χ4n) is 1.85. The standard InChI is InChI=1S/C9H10ClN3O4S/c10-18(16,17)8-6-12(11-9(8)13(14)15)7-4-2-1-3-5-7/h2,4,6-7H,1,3,5H2. The average Bonchev–Trinajstić information content (AvgIpc) is 2.74. The molecule has 1 atom stereocenters. The third-order valence-corrected chi connectivity index (χ3v) is 4.00. The number of hydrogen-bond donors (Lipinski definition) is 0. The van der Waals surface area contributed by atoms with E-state index in [2.05, 4.69) is 5.10 Å². The fraction of sp³-hybridized carbons (Fsp3) is 0.444. The van der Waals surface area contributed by atoms with Crippen LogP contribution in [-0.4, -0.2) is 23.1 Å². The van der Waals surface area contributed by atoms with Crippen LogP contribution < -0.4 is 0 Å². The molecule has 0 spiro atoms. The van der Waals surface area contributed by atoms with Crippen LogP contribution in [0.4, 0.5) is 5.82 Å². The first kappa shape index (κ1) is 13.0. The number of hydrogen-bond acceptors (Lipinski definition) is 5. The van der Waals surface area contributed by atoms with Crippen molar-refractivity contribution in [1.82, 2.24) is 9.78 Å². The molecule has 1 heterocycles. The molecular formula is C9H10ClN3O4S. The zero-order valence-corrected chi connectivity index (χ0v) is 10.8. The number of rotatable bonds is 3. The molecule has 0 bridgehead atoms. The molecule has 1 aromatic heterocycles. The molecule has 0 aromatic carbocycles. The maximum Gasteiger partial charge on any atom is 0.410 e. The van der Waals surface area contributed by atoms with Gasteiger partial charge in [0.25, 0.3) is 9.05 Å². The van der Waals surface area contributed by atoms with E-state index in [0.29, 0.717) is 0 Å². The Bertz CT molecular complexity index is 607. The van der Waals surface area contributed by atoms with Crippen molar-refractivity contribution < 1.29 is 13.3 Å². The van der Waals surface area contributed by atoms with Crippen LogP contribution >= 0.6 is 10.7 Å². The fourth-order valence-corrected chi connectivity index (χ4v) is 2.74. The second-order valence-corrected chi connectivity index (χ2v) is 6.45. The molecule has 0 saturated heterocycles. The Morgan fingerprint density at radius 3 is 2.72 bits per heavy atom. The van der Waals surface area contributed by atoms with Gasteiger partial charge in [-0.2, -0.15) is 4.68 Å². The molecule has 0 radical (unpaired) electrons. The van der Waals surface area contributed by atoms with Gasteiger partial charge in [-0.3, -0.25) is 0 Å². The van der Waals surface area contributed by atoms with Gasteiger partial charge in [-0.15, -0.1) is 0 Å². The maximum absolute atomic E-state index is 11.2. The van der Waals surface area contributed by atoms with Crippen molar-refractivity contribution in [2.45, 2.75) is 30.2 Å². The highest BCUT2D eigenvalue weighted by Gasteiger charge is 2.31. The molecule has 0 amide bonds. The van der Waals surface area contributed by atoms with Crippen molar-refractivity contribution in [3.05, 3.63) is 28.5 Å². The van der Waals surface area contributed by atoms with E-state index >= 15 is 0 Å². The summed E-state index contributed by atoms with van der Waals surface area (Å²) in [6.07, 6.45) is 7.54. The molecule has 0 saturated carbocycles. The molecule has 7 nitrogen and oxygen atoms in total. The van der Waals surface area contributed by atoms with Crippen LogP contribution in [0, 0.1) is 10.1 Å². The molecule has 1 aliphatic rings. The Labute approximate surface area is 108 Å². The Morgan fingerprint density at radius 1 is 1.56 bits per heavy atom. The Balaban J connectivity index is 2.49. The zero-order chi connectivity index (χ0) is 13.3. The van der Waals surface area contributed by atoms with E-state index in [1.54, 1.807) is 0 Å². The first-order valence-corrected chi connectivity index (χ1v) is 7.55. The van der Waals surface area contributed by atoms with Crippen LogP contribution in [0.1, 0.15) is 25.3 Å². The quantitative estimate of drug-likeness (QED) is 0.367. The summed E-state index contributed by atoms with van der Waals surface area (Å²) in [5.41, 5.74) is 0. The van der Waals surface area contributed by atoms with Gasteiger partial charge in [0, 0.05) is 10.7 Å². The highest BCUT2D eigenvalue weighted by Crippen LogP contribution is 2.29. The molecule has 9 heteroatoms. The summed E-state index contributed by atoms with van der Waals surface area (Å²) in [6, 6.07) is -0.162. The van der Waals surface area contributed by atoms with E-state index < -0.39 is 24.7 Å². The van der Waals surface area contributed by atoms with E-state index in [1.165, 1.54) is 4.68 Å². The van der Waals surface area contributed by atoms with Crippen molar-refractivity contribution in [1.29, 1.82) is 0 Å². The van der Waals surface area contributed by atoms with Gasteiger partial charge in [0.15, 0.2) is 0 Å².